The van der Waals surface area contributed by atoms with E-state index in [1.54, 1.807) is 7.11 Å². The lowest BCUT2D eigenvalue weighted by Crippen LogP contribution is -2.29. The van der Waals surface area contributed by atoms with Crippen LogP contribution in [0, 0.1) is 0 Å². The topological polar surface area (TPSA) is 32.6 Å². The fraction of sp³-hybridized carbons (Fsp3) is 1.00. The normalized spacial score (nSPS) is 20.5. The van der Waals surface area contributed by atoms with E-state index in [4.69, 9.17) is 9.47 Å². The number of hydrogen-bond acceptors (Lipinski definition) is 2. The predicted octanol–water partition coefficient (Wildman–Crippen LogP) is 0.416. The number of hydrogen-bond donors (Lipinski definition) is 0. The van der Waals surface area contributed by atoms with Gasteiger partial charge in [-0.05, 0) is 12.8 Å². The lowest BCUT2D eigenvalue weighted by molar-refractivity contribution is 0.00280. The first kappa shape index (κ1) is 8.97. The molecule has 0 atom stereocenters. The van der Waals surface area contributed by atoms with Crippen molar-refractivity contribution in [3.8, 4) is 0 Å². The third-order valence-corrected chi connectivity index (χ3v) is 1.86. The van der Waals surface area contributed by atoms with Crippen molar-refractivity contribution in [1.29, 1.82) is 0 Å². The van der Waals surface area contributed by atoms with Gasteiger partial charge >= 0.3 is 0 Å². The molecule has 0 aromatic carbocycles. The maximum absolute atomic E-state index is 5.54. The van der Waals surface area contributed by atoms with Gasteiger partial charge in [0.2, 0.25) is 0 Å². The Balaban J connectivity index is 1.96. The smallest absolute Gasteiger partial charge is 0.0704 e. The number of nitrogens with zero attached hydrogens (tertiary/aromatic N) is 1. The summed E-state index contributed by atoms with van der Waals surface area (Å²) in [6, 6.07) is 0. The minimum Gasteiger partial charge on any atom is -0.382 e. The van der Waals surface area contributed by atoms with E-state index in [0.29, 0.717) is 12.7 Å². The molecule has 0 spiro atoms. The van der Waals surface area contributed by atoms with Crippen molar-refractivity contribution in [3.05, 3.63) is 0 Å². The first-order valence-electron chi connectivity index (χ1n) is 4.17. The summed E-state index contributed by atoms with van der Waals surface area (Å²) in [6.45, 7) is 3.37. The third kappa shape index (κ3) is 3.70. The molecule has 1 aliphatic rings. The summed E-state index contributed by atoms with van der Waals surface area (Å²) in [5.41, 5.74) is 0. The average Bonchev–Trinajstić information content (AvgIpc) is 2.07. The van der Waals surface area contributed by atoms with Gasteiger partial charge in [-0.1, -0.05) is 0 Å². The number of rotatable bonds is 4. The Hall–Kier alpha value is -0.120. The lowest BCUT2D eigenvalue weighted by Gasteiger charge is -2.21. The standard InChI is InChI=1S/C8H16NO2/c1-10-6-7-11-8-2-4-9-5-3-8/h8H,2-7H2,1H3. The highest BCUT2D eigenvalue weighted by Gasteiger charge is 2.12. The highest BCUT2D eigenvalue weighted by Crippen LogP contribution is 2.07. The van der Waals surface area contributed by atoms with E-state index in [1.807, 2.05) is 0 Å². The zero-order valence-corrected chi connectivity index (χ0v) is 7.08. The van der Waals surface area contributed by atoms with Crippen LogP contribution in [-0.4, -0.2) is 39.5 Å². The fourth-order valence-electron chi connectivity index (χ4n) is 1.19. The average molecular weight is 158 g/mol. The van der Waals surface area contributed by atoms with Gasteiger partial charge in [0.25, 0.3) is 0 Å². The zero-order chi connectivity index (χ0) is 7.94. The van der Waals surface area contributed by atoms with Crippen LogP contribution in [0.25, 0.3) is 0 Å². The molecule has 3 heteroatoms. The molecule has 0 aromatic heterocycles. The summed E-state index contributed by atoms with van der Waals surface area (Å²) in [7, 11) is 1.69. The minimum absolute atomic E-state index is 0.433. The summed E-state index contributed by atoms with van der Waals surface area (Å²) in [5, 5.41) is 4.24. The maximum Gasteiger partial charge on any atom is 0.0704 e. The van der Waals surface area contributed by atoms with Crippen LogP contribution in [0.3, 0.4) is 0 Å². The molecule has 0 aromatic rings. The van der Waals surface area contributed by atoms with Crippen LogP contribution in [-0.2, 0) is 9.47 Å². The second-order valence-electron chi connectivity index (χ2n) is 2.73. The molecule has 1 heterocycles. The Morgan fingerprint density at radius 2 is 2.00 bits per heavy atom. The van der Waals surface area contributed by atoms with E-state index in [0.717, 1.165) is 32.5 Å². The third-order valence-electron chi connectivity index (χ3n) is 1.86. The van der Waals surface area contributed by atoms with Crippen LogP contribution in [0.4, 0.5) is 0 Å². The van der Waals surface area contributed by atoms with Gasteiger partial charge in [0.05, 0.1) is 19.3 Å². The summed E-state index contributed by atoms with van der Waals surface area (Å²) < 4.78 is 10.4. The largest absolute Gasteiger partial charge is 0.382 e. The number of ether oxygens (including phenoxy) is 2. The zero-order valence-electron chi connectivity index (χ0n) is 7.08. The first-order chi connectivity index (χ1) is 5.43. The molecular weight excluding hydrogens is 142 g/mol. The summed E-state index contributed by atoms with van der Waals surface area (Å²) in [6.07, 6.45) is 2.61. The maximum atomic E-state index is 5.54. The molecule has 1 fully saturated rings. The van der Waals surface area contributed by atoms with Crippen molar-refractivity contribution in [2.45, 2.75) is 18.9 Å². The molecule has 11 heavy (non-hydrogen) atoms. The van der Waals surface area contributed by atoms with Crippen LogP contribution >= 0.6 is 0 Å². The minimum atomic E-state index is 0.433. The van der Waals surface area contributed by atoms with E-state index >= 15 is 0 Å². The van der Waals surface area contributed by atoms with Gasteiger partial charge in [0.15, 0.2) is 0 Å². The van der Waals surface area contributed by atoms with Crippen molar-refractivity contribution in [2.24, 2.45) is 0 Å². The monoisotopic (exact) mass is 158 g/mol. The Morgan fingerprint density at radius 3 is 2.64 bits per heavy atom. The number of piperidine rings is 1. The van der Waals surface area contributed by atoms with Crippen molar-refractivity contribution in [3.63, 3.8) is 0 Å². The SMILES string of the molecule is COCCOC1CC[N]CC1. The van der Waals surface area contributed by atoms with Crippen LogP contribution in [0.15, 0.2) is 0 Å². The Labute approximate surface area is 68.1 Å². The van der Waals surface area contributed by atoms with Crippen molar-refractivity contribution in [2.75, 3.05) is 33.4 Å². The Kier molecular flexibility index (Phi) is 4.50. The molecule has 1 rings (SSSR count). The second-order valence-corrected chi connectivity index (χ2v) is 2.73. The summed E-state index contributed by atoms with van der Waals surface area (Å²) in [5.74, 6) is 0. The Morgan fingerprint density at radius 1 is 1.27 bits per heavy atom. The van der Waals surface area contributed by atoms with Gasteiger partial charge in [-0.25, -0.2) is 5.32 Å². The summed E-state index contributed by atoms with van der Waals surface area (Å²) in [4.78, 5) is 0. The highest BCUT2D eigenvalue weighted by molar-refractivity contribution is 4.67. The lowest BCUT2D eigenvalue weighted by atomic mass is 10.1. The van der Waals surface area contributed by atoms with E-state index in [9.17, 15) is 0 Å². The molecule has 1 saturated heterocycles. The van der Waals surface area contributed by atoms with Crippen molar-refractivity contribution >= 4 is 0 Å². The van der Waals surface area contributed by atoms with Gasteiger partial charge in [-0.2, -0.15) is 0 Å². The number of methoxy groups -OCH3 is 1. The van der Waals surface area contributed by atoms with Gasteiger partial charge in [0, 0.05) is 20.2 Å². The van der Waals surface area contributed by atoms with Crippen molar-refractivity contribution in [1.82, 2.24) is 5.32 Å². The molecule has 0 saturated carbocycles. The van der Waals surface area contributed by atoms with Crippen molar-refractivity contribution < 1.29 is 9.47 Å². The van der Waals surface area contributed by atoms with Gasteiger partial charge in [-0.3, -0.25) is 0 Å². The Bertz CT molecular complexity index is 92.1. The molecule has 65 valence electrons. The molecule has 0 unspecified atom stereocenters. The molecule has 0 N–H and O–H groups in total. The van der Waals surface area contributed by atoms with E-state index in [1.165, 1.54) is 0 Å². The predicted molar refractivity (Wildman–Crippen MR) is 42.7 cm³/mol. The molecule has 0 amide bonds. The second kappa shape index (κ2) is 5.52. The molecule has 3 nitrogen and oxygen atoms in total. The highest BCUT2D eigenvalue weighted by atomic mass is 16.5. The summed E-state index contributed by atoms with van der Waals surface area (Å²) >= 11 is 0. The van der Waals surface area contributed by atoms with Crippen LogP contribution in [0.2, 0.25) is 0 Å². The van der Waals surface area contributed by atoms with Crippen LogP contribution < -0.4 is 5.32 Å². The van der Waals surface area contributed by atoms with Crippen LogP contribution in [0.5, 0.6) is 0 Å². The van der Waals surface area contributed by atoms with Gasteiger partial charge in [-0.15, -0.1) is 0 Å². The first-order valence-corrected chi connectivity index (χ1v) is 4.17. The molecule has 1 aliphatic heterocycles. The van der Waals surface area contributed by atoms with E-state index in [2.05, 4.69) is 5.32 Å². The fourth-order valence-corrected chi connectivity index (χ4v) is 1.19. The quantitative estimate of drug-likeness (QED) is 0.555. The van der Waals surface area contributed by atoms with E-state index in [-0.39, 0.29) is 0 Å². The van der Waals surface area contributed by atoms with Gasteiger partial charge in [0.1, 0.15) is 0 Å². The molecule has 0 bridgehead atoms. The molecule has 1 radical (unpaired) electrons. The molecule has 0 aliphatic carbocycles. The van der Waals surface area contributed by atoms with Crippen LogP contribution in [0.1, 0.15) is 12.8 Å². The molecular formula is C8H16NO2. The van der Waals surface area contributed by atoms with Gasteiger partial charge < -0.3 is 9.47 Å². The van der Waals surface area contributed by atoms with E-state index < -0.39 is 0 Å².